The number of nitrogens with one attached hydrogen (secondary N) is 2. The lowest BCUT2D eigenvalue weighted by Crippen LogP contribution is -2.26. The molecule has 28 heavy (non-hydrogen) atoms. The van der Waals surface area contributed by atoms with Gasteiger partial charge >= 0.3 is 0 Å². The van der Waals surface area contributed by atoms with E-state index in [1.807, 2.05) is 42.0 Å². The standard InChI is InChI=1S/C21H19N5O2/c1-15(16-4-8-19(9-5-16)26-13-12-23-14-26)24-21(28)17-2-6-18(7-3-17)25-20(27)10-11-22/h2-9,12-15H,10H2,1H3,(H,24,28)(H,25,27)/t15-/m1/s1. The van der Waals surface area contributed by atoms with Gasteiger partial charge in [0.1, 0.15) is 6.42 Å². The van der Waals surface area contributed by atoms with Crippen LogP contribution in [-0.4, -0.2) is 21.4 Å². The molecule has 2 aromatic carbocycles. The van der Waals surface area contributed by atoms with Crippen LogP contribution >= 0.6 is 0 Å². The number of imidazole rings is 1. The van der Waals surface area contributed by atoms with Crippen LogP contribution in [0.15, 0.2) is 67.3 Å². The number of carbonyl (C=O) groups is 2. The first-order valence-electron chi connectivity index (χ1n) is 8.73. The van der Waals surface area contributed by atoms with E-state index in [1.54, 1.807) is 42.9 Å². The van der Waals surface area contributed by atoms with Crippen LogP contribution in [0.3, 0.4) is 0 Å². The van der Waals surface area contributed by atoms with Crippen molar-refractivity contribution in [1.29, 1.82) is 5.26 Å². The molecule has 0 saturated carbocycles. The van der Waals surface area contributed by atoms with Crippen LogP contribution in [0.5, 0.6) is 0 Å². The normalized spacial score (nSPS) is 11.3. The van der Waals surface area contributed by atoms with E-state index in [1.165, 1.54) is 0 Å². The zero-order valence-electron chi connectivity index (χ0n) is 15.3. The van der Waals surface area contributed by atoms with Gasteiger partial charge in [-0.15, -0.1) is 0 Å². The predicted molar refractivity (Wildman–Crippen MR) is 105 cm³/mol. The summed E-state index contributed by atoms with van der Waals surface area (Å²) in [6.07, 6.45) is 5.11. The first-order chi connectivity index (χ1) is 13.6. The summed E-state index contributed by atoms with van der Waals surface area (Å²) in [6.45, 7) is 1.92. The highest BCUT2D eigenvalue weighted by Gasteiger charge is 2.12. The minimum atomic E-state index is -0.382. The van der Waals surface area contributed by atoms with Crippen molar-refractivity contribution < 1.29 is 9.59 Å². The number of carbonyl (C=O) groups excluding carboxylic acids is 2. The third kappa shape index (κ3) is 4.62. The number of benzene rings is 2. The lowest BCUT2D eigenvalue weighted by Gasteiger charge is -2.15. The molecule has 0 radical (unpaired) electrons. The van der Waals surface area contributed by atoms with Crippen LogP contribution < -0.4 is 10.6 Å². The van der Waals surface area contributed by atoms with Crippen LogP contribution in [0.1, 0.15) is 35.3 Å². The van der Waals surface area contributed by atoms with Crippen LogP contribution in [0.25, 0.3) is 5.69 Å². The highest BCUT2D eigenvalue weighted by Crippen LogP contribution is 2.17. The molecule has 140 valence electrons. The SMILES string of the molecule is C[C@@H](NC(=O)c1ccc(NC(=O)CC#N)cc1)c1ccc(-n2ccnc2)cc1. The molecule has 7 heteroatoms. The van der Waals surface area contributed by atoms with Gasteiger partial charge in [0.2, 0.25) is 5.91 Å². The fourth-order valence-electron chi connectivity index (χ4n) is 2.69. The van der Waals surface area contributed by atoms with Crippen molar-refractivity contribution in [3.8, 4) is 11.8 Å². The van der Waals surface area contributed by atoms with Crippen molar-refractivity contribution in [2.75, 3.05) is 5.32 Å². The molecule has 0 spiro atoms. The van der Waals surface area contributed by atoms with E-state index >= 15 is 0 Å². The van der Waals surface area contributed by atoms with Gasteiger partial charge in [0.15, 0.2) is 0 Å². The van der Waals surface area contributed by atoms with E-state index in [9.17, 15) is 9.59 Å². The number of hydrogen-bond donors (Lipinski definition) is 2. The summed E-state index contributed by atoms with van der Waals surface area (Å²) in [6, 6.07) is 16.0. The molecule has 7 nitrogen and oxygen atoms in total. The molecule has 2 N–H and O–H groups in total. The second-order valence-corrected chi connectivity index (χ2v) is 6.22. The molecule has 0 bridgehead atoms. The molecule has 0 saturated heterocycles. The maximum atomic E-state index is 12.5. The summed E-state index contributed by atoms with van der Waals surface area (Å²) >= 11 is 0. The quantitative estimate of drug-likeness (QED) is 0.693. The zero-order valence-corrected chi connectivity index (χ0v) is 15.3. The Hall–Kier alpha value is -3.92. The van der Waals surface area contributed by atoms with E-state index in [4.69, 9.17) is 5.26 Å². The summed E-state index contributed by atoms with van der Waals surface area (Å²) in [4.78, 5) is 27.9. The highest BCUT2D eigenvalue weighted by molar-refractivity contribution is 5.96. The minimum Gasteiger partial charge on any atom is -0.346 e. The number of anilines is 1. The van der Waals surface area contributed by atoms with Gasteiger partial charge in [0.25, 0.3) is 5.91 Å². The first kappa shape index (κ1) is 18.9. The summed E-state index contributed by atoms with van der Waals surface area (Å²) in [5, 5.41) is 14.1. The molecule has 1 aromatic heterocycles. The molecular formula is C21H19N5O2. The number of hydrogen-bond acceptors (Lipinski definition) is 4. The number of rotatable bonds is 6. The molecule has 0 aliphatic heterocycles. The Morgan fingerprint density at radius 2 is 1.86 bits per heavy atom. The minimum absolute atomic E-state index is 0.167. The average Bonchev–Trinajstić information content (AvgIpc) is 3.23. The van der Waals surface area contributed by atoms with Gasteiger partial charge in [-0.2, -0.15) is 5.26 Å². The average molecular weight is 373 g/mol. The molecule has 1 heterocycles. The Morgan fingerprint density at radius 3 is 2.46 bits per heavy atom. The summed E-state index contributed by atoms with van der Waals surface area (Å²) < 4.78 is 1.91. The lowest BCUT2D eigenvalue weighted by molar-refractivity contribution is -0.115. The Bertz CT molecular complexity index is 987. The highest BCUT2D eigenvalue weighted by atomic mass is 16.2. The smallest absolute Gasteiger partial charge is 0.251 e. The number of nitrogens with zero attached hydrogens (tertiary/aromatic N) is 3. The fourth-order valence-corrected chi connectivity index (χ4v) is 2.69. The van der Waals surface area contributed by atoms with Gasteiger partial charge in [-0.1, -0.05) is 12.1 Å². The van der Waals surface area contributed by atoms with Gasteiger partial charge in [-0.25, -0.2) is 4.98 Å². The largest absolute Gasteiger partial charge is 0.346 e. The van der Waals surface area contributed by atoms with Crippen molar-refractivity contribution >= 4 is 17.5 Å². The molecule has 0 aliphatic rings. The van der Waals surface area contributed by atoms with Gasteiger partial charge in [-0.05, 0) is 48.9 Å². The molecule has 0 aliphatic carbocycles. The number of amides is 2. The van der Waals surface area contributed by atoms with Gasteiger partial charge in [0.05, 0.1) is 18.4 Å². The molecule has 0 unspecified atom stereocenters. The maximum Gasteiger partial charge on any atom is 0.251 e. The van der Waals surface area contributed by atoms with Gasteiger partial charge in [-0.3, -0.25) is 9.59 Å². The van der Waals surface area contributed by atoms with Crippen molar-refractivity contribution in [2.24, 2.45) is 0 Å². The van der Waals surface area contributed by atoms with Crippen LogP contribution in [-0.2, 0) is 4.79 Å². The van der Waals surface area contributed by atoms with Crippen molar-refractivity contribution in [3.05, 3.63) is 78.4 Å². The predicted octanol–water partition coefficient (Wildman–Crippen LogP) is 3.22. The monoisotopic (exact) mass is 373 g/mol. The molecule has 2 amide bonds. The molecule has 1 atom stereocenters. The van der Waals surface area contributed by atoms with E-state index in [-0.39, 0.29) is 24.3 Å². The van der Waals surface area contributed by atoms with Crippen molar-refractivity contribution in [3.63, 3.8) is 0 Å². The van der Waals surface area contributed by atoms with Crippen molar-refractivity contribution in [2.45, 2.75) is 19.4 Å². The topological polar surface area (TPSA) is 99.8 Å². The lowest BCUT2D eigenvalue weighted by atomic mass is 10.1. The maximum absolute atomic E-state index is 12.5. The van der Waals surface area contributed by atoms with E-state index in [2.05, 4.69) is 15.6 Å². The first-order valence-corrected chi connectivity index (χ1v) is 8.73. The third-order valence-electron chi connectivity index (χ3n) is 4.21. The Kier molecular flexibility index (Phi) is 5.82. The number of aromatic nitrogens is 2. The summed E-state index contributed by atoms with van der Waals surface area (Å²) in [7, 11) is 0. The van der Waals surface area contributed by atoms with Crippen LogP contribution in [0.4, 0.5) is 5.69 Å². The molecule has 3 rings (SSSR count). The molecule has 3 aromatic rings. The van der Waals surface area contributed by atoms with Gasteiger partial charge < -0.3 is 15.2 Å². The Morgan fingerprint density at radius 1 is 1.14 bits per heavy atom. The van der Waals surface area contributed by atoms with Gasteiger partial charge in [0, 0.05) is 29.3 Å². The van der Waals surface area contributed by atoms with Crippen LogP contribution in [0, 0.1) is 11.3 Å². The zero-order chi connectivity index (χ0) is 19.9. The number of nitriles is 1. The molecule has 0 fully saturated rings. The van der Waals surface area contributed by atoms with E-state index in [0.29, 0.717) is 11.3 Å². The van der Waals surface area contributed by atoms with Crippen LogP contribution in [0.2, 0.25) is 0 Å². The van der Waals surface area contributed by atoms with Crippen molar-refractivity contribution in [1.82, 2.24) is 14.9 Å². The second-order valence-electron chi connectivity index (χ2n) is 6.22. The Balaban J connectivity index is 1.61. The van der Waals surface area contributed by atoms with E-state index < -0.39 is 0 Å². The summed E-state index contributed by atoms with van der Waals surface area (Å²) in [5.74, 6) is -0.589. The fraction of sp³-hybridized carbons (Fsp3) is 0.143. The Labute approximate surface area is 162 Å². The molecular weight excluding hydrogens is 354 g/mol. The van der Waals surface area contributed by atoms with E-state index in [0.717, 1.165) is 11.3 Å². The summed E-state index contributed by atoms with van der Waals surface area (Å²) in [5.41, 5.74) is 3.01. The third-order valence-corrected chi connectivity index (χ3v) is 4.21. The second kappa shape index (κ2) is 8.64.